The number of rotatable bonds is 5. The third kappa shape index (κ3) is 4.02. The summed E-state index contributed by atoms with van der Waals surface area (Å²) in [5, 5.41) is 12.8. The molecule has 5 heteroatoms. The fourth-order valence-corrected chi connectivity index (χ4v) is 5.69. The number of piperidine rings is 1. The van der Waals surface area contributed by atoms with Crippen molar-refractivity contribution in [3.63, 3.8) is 0 Å². The normalized spacial score (nSPS) is 22.1. The first-order valence-electron chi connectivity index (χ1n) is 10.5. The van der Waals surface area contributed by atoms with Crippen LogP contribution in [0.25, 0.3) is 0 Å². The Hall–Kier alpha value is -1.69. The van der Waals surface area contributed by atoms with Crippen molar-refractivity contribution in [3.8, 4) is 0 Å². The minimum Gasteiger partial charge on any atom is -0.388 e. The molecule has 1 N–H and O–H groups in total. The number of thiophene rings is 1. The lowest BCUT2D eigenvalue weighted by Crippen LogP contribution is -2.47. The van der Waals surface area contributed by atoms with Crippen LogP contribution in [0.4, 0.5) is 0 Å². The minimum absolute atomic E-state index is 0.236. The number of hydrogen-bond acceptors (Lipinski definition) is 4. The maximum absolute atomic E-state index is 13.0. The Morgan fingerprint density at radius 1 is 1.18 bits per heavy atom. The van der Waals surface area contributed by atoms with Crippen LogP contribution >= 0.6 is 11.3 Å². The largest absolute Gasteiger partial charge is 0.388 e. The van der Waals surface area contributed by atoms with Crippen LogP contribution in [-0.4, -0.2) is 47.0 Å². The Bertz CT molecular complexity index is 783. The van der Waals surface area contributed by atoms with Crippen molar-refractivity contribution in [2.45, 2.75) is 44.8 Å². The second-order valence-electron chi connectivity index (χ2n) is 8.03. The van der Waals surface area contributed by atoms with E-state index >= 15 is 0 Å². The van der Waals surface area contributed by atoms with Crippen molar-refractivity contribution < 1.29 is 9.90 Å². The number of fused-ring (bicyclic) bond motifs is 1. The third-order valence-electron chi connectivity index (χ3n) is 6.38. The fourth-order valence-electron chi connectivity index (χ4n) is 4.77. The standard InChI is InChI=1S/C23H30N2O2S/c1-2-20-19-11-15-28-21(19)10-14-25(20)22(26)16-24-12-8-18(9-13-24)23(27)17-6-4-3-5-7-17/h3-7,11,15,18,20,23,27H,2,8-10,12-14,16H2,1H3. The molecule has 4 rings (SSSR count). The number of amides is 1. The SMILES string of the molecule is CCC1c2ccsc2CCN1C(=O)CN1CCC(C(O)c2ccccc2)CC1. The first-order chi connectivity index (χ1) is 13.7. The third-order valence-corrected chi connectivity index (χ3v) is 7.38. The Labute approximate surface area is 171 Å². The van der Waals surface area contributed by atoms with E-state index in [4.69, 9.17) is 0 Å². The summed E-state index contributed by atoms with van der Waals surface area (Å²) in [7, 11) is 0. The number of likely N-dealkylation sites (tertiary alicyclic amines) is 1. The van der Waals surface area contributed by atoms with E-state index in [0.717, 1.165) is 50.9 Å². The maximum atomic E-state index is 13.0. The van der Waals surface area contributed by atoms with E-state index in [1.54, 1.807) is 0 Å². The number of carbonyl (C=O) groups excluding carboxylic acids is 1. The highest BCUT2D eigenvalue weighted by atomic mass is 32.1. The van der Waals surface area contributed by atoms with E-state index < -0.39 is 6.10 Å². The van der Waals surface area contributed by atoms with Crippen LogP contribution in [0, 0.1) is 5.92 Å². The summed E-state index contributed by atoms with van der Waals surface area (Å²) in [6, 6.07) is 12.4. The Morgan fingerprint density at radius 2 is 1.93 bits per heavy atom. The monoisotopic (exact) mass is 398 g/mol. The van der Waals surface area contributed by atoms with Crippen LogP contribution in [0.5, 0.6) is 0 Å². The molecule has 2 unspecified atom stereocenters. The molecule has 1 fully saturated rings. The molecule has 1 aromatic heterocycles. The van der Waals surface area contributed by atoms with Crippen molar-refractivity contribution in [2.75, 3.05) is 26.2 Å². The maximum Gasteiger partial charge on any atom is 0.237 e. The Kier molecular flexibility index (Phi) is 6.14. The van der Waals surface area contributed by atoms with Gasteiger partial charge in [-0.3, -0.25) is 9.69 Å². The van der Waals surface area contributed by atoms with Crippen molar-refractivity contribution in [3.05, 3.63) is 57.8 Å². The predicted octanol–water partition coefficient (Wildman–Crippen LogP) is 4.03. The van der Waals surface area contributed by atoms with E-state index in [1.807, 2.05) is 41.7 Å². The predicted molar refractivity (Wildman–Crippen MR) is 113 cm³/mol. The molecule has 28 heavy (non-hydrogen) atoms. The molecule has 1 amide bonds. The second kappa shape index (κ2) is 8.76. The molecule has 3 heterocycles. The van der Waals surface area contributed by atoms with Gasteiger partial charge in [0.05, 0.1) is 18.7 Å². The topological polar surface area (TPSA) is 43.8 Å². The molecule has 2 atom stereocenters. The smallest absolute Gasteiger partial charge is 0.237 e. The zero-order valence-corrected chi connectivity index (χ0v) is 17.4. The van der Waals surface area contributed by atoms with Gasteiger partial charge in [0.15, 0.2) is 0 Å². The molecular weight excluding hydrogens is 368 g/mol. The fraction of sp³-hybridized carbons (Fsp3) is 0.522. The highest BCUT2D eigenvalue weighted by Gasteiger charge is 2.32. The van der Waals surface area contributed by atoms with E-state index in [0.29, 0.717) is 6.54 Å². The van der Waals surface area contributed by atoms with Gasteiger partial charge in [0, 0.05) is 11.4 Å². The van der Waals surface area contributed by atoms with E-state index in [2.05, 4.69) is 28.2 Å². The van der Waals surface area contributed by atoms with E-state index in [9.17, 15) is 9.90 Å². The number of aliphatic hydroxyl groups excluding tert-OH is 1. The number of nitrogens with zero attached hydrogens (tertiary/aromatic N) is 2. The summed E-state index contributed by atoms with van der Waals surface area (Å²) in [6.45, 7) is 5.29. The zero-order chi connectivity index (χ0) is 19.5. The number of hydrogen-bond donors (Lipinski definition) is 1. The molecule has 0 saturated carbocycles. The molecule has 2 aliphatic heterocycles. The van der Waals surface area contributed by atoms with Gasteiger partial charge in [-0.05, 0) is 67.3 Å². The van der Waals surface area contributed by atoms with Crippen molar-refractivity contribution in [1.29, 1.82) is 0 Å². The lowest BCUT2D eigenvalue weighted by molar-refractivity contribution is -0.136. The van der Waals surface area contributed by atoms with Crippen LogP contribution in [-0.2, 0) is 11.2 Å². The Balaban J connectivity index is 1.32. The van der Waals surface area contributed by atoms with Gasteiger partial charge in [0.25, 0.3) is 0 Å². The summed E-state index contributed by atoms with van der Waals surface area (Å²) in [5.74, 6) is 0.534. The molecule has 0 spiro atoms. The van der Waals surface area contributed by atoms with Crippen molar-refractivity contribution >= 4 is 17.2 Å². The molecule has 150 valence electrons. The van der Waals surface area contributed by atoms with Gasteiger partial charge in [-0.25, -0.2) is 0 Å². The second-order valence-corrected chi connectivity index (χ2v) is 9.03. The lowest BCUT2D eigenvalue weighted by atomic mass is 9.87. The molecular formula is C23H30N2O2S. The number of aliphatic hydroxyl groups is 1. The van der Waals surface area contributed by atoms with Crippen LogP contribution in [0.3, 0.4) is 0 Å². The summed E-state index contributed by atoms with van der Waals surface area (Å²) >= 11 is 1.82. The summed E-state index contributed by atoms with van der Waals surface area (Å²) in [4.78, 5) is 18.9. The molecule has 0 bridgehead atoms. The van der Waals surface area contributed by atoms with Crippen LogP contribution < -0.4 is 0 Å². The van der Waals surface area contributed by atoms with Gasteiger partial charge in [0.2, 0.25) is 5.91 Å². The Morgan fingerprint density at radius 3 is 2.64 bits per heavy atom. The van der Waals surface area contributed by atoms with Gasteiger partial charge in [0.1, 0.15) is 0 Å². The zero-order valence-electron chi connectivity index (χ0n) is 16.6. The summed E-state index contributed by atoms with van der Waals surface area (Å²) < 4.78 is 0. The molecule has 2 aromatic rings. The average Bonchev–Trinajstić information content (AvgIpc) is 3.22. The molecule has 1 saturated heterocycles. The molecule has 2 aliphatic rings. The summed E-state index contributed by atoms with van der Waals surface area (Å²) in [5.41, 5.74) is 2.36. The molecule has 1 aromatic carbocycles. The van der Waals surface area contributed by atoms with Crippen LogP contribution in [0.1, 0.15) is 54.3 Å². The number of benzene rings is 1. The van der Waals surface area contributed by atoms with Gasteiger partial charge in [-0.15, -0.1) is 11.3 Å². The van der Waals surface area contributed by atoms with Crippen molar-refractivity contribution in [1.82, 2.24) is 9.80 Å². The minimum atomic E-state index is -0.400. The lowest BCUT2D eigenvalue weighted by Gasteiger charge is -2.38. The number of carbonyl (C=O) groups is 1. The van der Waals surface area contributed by atoms with Crippen LogP contribution in [0.2, 0.25) is 0 Å². The van der Waals surface area contributed by atoms with Crippen molar-refractivity contribution in [2.24, 2.45) is 5.92 Å². The first-order valence-corrected chi connectivity index (χ1v) is 11.4. The van der Waals surface area contributed by atoms with E-state index in [-0.39, 0.29) is 17.9 Å². The van der Waals surface area contributed by atoms with Gasteiger partial charge >= 0.3 is 0 Å². The average molecular weight is 399 g/mol. The molecule has 0 radical (unpaired) electrons. The highest BCUT2D eigenvalue weighted by molar-refractivity contribution is 7.10. The summed E-state index contributed by atoms with van der Waals surface area (Å²) in [6.07, 6.45) is 3.44. The first kappa shape index (κ1) is 19.6. The molecule has 4 nitrogen and oxygen atoms in total. The van der Waals surface area contributed by atoms with Gasteiger partial charge < -0.3 is 10.0 Å². The van der Waals surface area contributed by atoms with Gasteiger partial charge in [-0.2, -0.15) is 0 Å². The highest BCUT2D eigenvalue weighted by Crippen LogP contribution is 2.35. The molecule has 0 aliphatic carbocycles. The quantitative estimate of drug-likeness (QED) is 0.827. The van der Waals surface area contributed by atoms with Gasteiger partial charge in [-0.1, -0.05) is 37.3 Å². The van der Waals surface area contributed by atoms with E-state index in [1.165, 1.54) is 10.4 Å². The van der Waals surface area contributed by atoms with Crippen LogP contribution in [0.15, 0.2) is 41.8 Å².